The Labute approximate surface area is 159 Å². The van der Waals surface area contributed by atoms with E-state index < -0.39 is 0 Å². The Kier molecular flexibility index (Phi) is 4.34. The van der Waals surface area contributed by atoms with Crippen molar-refractivity contribution in [3.63, 3.8) is 0 Å². The van der Waals surface area contributed by atoms with E-state index in [4.69, 9.17) is 9.40 Å². The van der Waals surface area contributed by atoms with Gasteiger partial charge < -0.3 is 4.42 Å². The molecule has 0 saturated carbocycles. The molecule has 27 heavy (non-hydrogen) atoms. The highest BCUT2D eigenvalue weighted by Crippen LogP contribution is 2.35. The summed E-state index contributed by atoms with van der Waals surface area (Å²) >= 11 is 0. The van der Waals surface area contributed by atoms with Crippen LogP contribution in [0, 0.1) is 6.92 Å². The molecule has 2 aromatic carbocycles. The van der Waals surface area contributed by atoms with Crippen LogP contribution in [0.1, 0.15) is 56.5 Å². The molecule has 4 heteroatoms. The zero-order valence-corrected chi connectivity index (χ0v) is 16.5. The van der Waals surface area contributed by atoms with Crippen LogP contribution in [0.5, 0.6) is 0 Å². The number of imidazole rings is 1. The summed E-state index contributed by atoms with van der Waals surface area (Å²) in [4.78, 5) is 9.17. The fraction of sp³-hybridized carbons (Fsp3) is 0.304. The van der Waals surface area contributed by atoms with Gasteiger partial charge in [-0.1, -0.05) is 52.0 Å². The van der Waals surface area contributed by atoms with Crippen molar-refractivity contribution in [2.45, 2.75) is 46.5 Å². The Morgan fingerprint density at radius 2 is 1.59 bits per heavy atom. The first-order chi connectivity index (χ1) is 13.0. The monoisotopic (exact) mass is 359 g/mol. The molecule has 0 amide bonds. The predicted octanol–water partition coefficient (Wildman–Crippen LogP) is 6.24. The number of benzene rings is 2. The van der Waals surface area contributed by atoms with Crippen LogP contribution in [0.4, 0.5) is 0 Å². The van der Waals surface area contributed by atoms with Gasteiger partial charge in [-0.25, -0.2) is 9.97 Å². The highest BCUT2D eigenvalue weighted by atomic mass is 16.3. The quantitative estimate of drug-likeness (QED) is 0.433. The standard InChI is InChI=1S/C23H25N3O/c1-14(2)17-8-6-9-18(15(3)4)21(17)26-13-12-24-23(26)19-10-7-11-20-22(19)27-16(5)25-20/h6-15H,1-5H3. The Balaban J connectivity index is 2.01. The van der Waals surface area contributed by atoms with Gasteiger partial charge in [-0.3, -0.25) is 4.57 Å². The maximum Gasteiger partial charge on any atom is 0.192 e. The number of aryl methyl sites for hydroxylation is 1. The Bertz CT molecular complexity index is 1080. The molecule has 138 valence electrons. The van der Waals surface area contributed by atoms with E-state index in [0.717, 1.165) is 22.5 Å². The minimum atomic E-state index is 0.414. The van der Waals surface area contributed by atoms with E-state index >= 15 is 0 Å². The summed E-state index contributed by atoms with van der Waals surface area (Å²) in [5, 5.41) is 0. The maximum absolute atomic E-state index is 5.90. The molecule has 0 aliphatic heterocycles. The van der Waals surface area contributed by atoms with Gasteiger partial charge in [-0.05, 0) is 35.1 Å². The van der Waals surface area contributed by atoms with Gasteiger partial charge in [0.2, 0.25) is 0 Å². The summed E-state index contributed by atoms with van der Waals surface area (Å²) in [6.07, 6.45) is 3.91. The minimum Gasteiger partial charge on any atom is -0.440 e. The van der Waals surface area contributed by atoms with Crippen molar-refractivity contribution in [3.8, 4) is 17.1 Å². The zero-order valence-electron chi connectivity index (χ0n) is 16.5. The lowest BCUT2D eigenvalue weighted by Gasteiger charge is -2.21. The minimum absolute atomic E-state index is 0.414. The van der Waals surface area contributed by atoms with Crippen LogP contribution in [-0.2, 0) is 0 Å². The average molecular weight is 359 g/mol. The van der Waals surface area contributed by atoms with E-state index in [9.17, 15) is 0 Å². The van der Waals surface area contributed by atoms with Crippen molar-refractivity contribution in [2.24, 2.45) is 0 Å². The zero-order chi connectivity index (χ0) is 19.1. The third kappa shape index (κ3) is 2.95. The topological polar surface area (TPSA) is 43.9 Å². The first-order valence-corrected chi connectivity index (χ1v) is 9.50. The SMILES string of the molecule is Cc1nc2cccc(-c3nccn3-c3c(C(C)C)cccc3C(C)C)c2o1. The Morgan fingerprint density at radius 3 is 2.26 bits per heavy atom. The van der Waals surface area contributed by atoms with Crippen molar-refractivity contribution in [1.82, 2.24) is 14.5 Å². The van der Waals surface area contributed by atoms with Crippen molar-refractivity contribution in [1.29, 1.82) is 0 Å². The number of fused-ring (bicyclic) bond motifs is 1. The average Bonchev–Trinajstić information content (AvgIpc) is 3.25. The fourth-order valence-corrected chi connectivity index (χ4v) is 3.71. The third-order valence-electron chi connectivity index (χ3n) is 4.99. The summed E-state index contributed by atoms with van der Waals surface area (Å²) in [7, 11) is 0. The second-order valence-corrected chi connectivity index (χ2v) is 7.60. The Morgan fingerprint density at radius 1 is 0.926 bits per heavy atom. The van der Waals surface area contributed by atoms with Gasteiger partial charge >= 0.3 is 0 Å². The molecule has 0 unspecified atom stereocenters. The Hall–Kier alpha value is -2.88. The predicted molar refractivity (Wildman–Crippen MR) is 109 cm³/mol. The number of oxazole rings is 1. The van der Waals surface area contributed by atoms with Crippen LogP contribution < -0.4 is 0 Å². The summed E-state index contributed by atoms with van der Waals surface area (Å²) in [6, 6.07) is 12.6. The summed E-state index contributed by atoms with van der Waals surface area (Å²) < 4.78 is 8.11. The first kappa shape index (κ1) is 17.5. The molecule has 0 radical (unpaired) electrons. The van der Waals surface area contributed by atoms with Gasteiger partial charge in [0, 0.05) is 19.3 Å². The molecule has 0 bridgehead atoms. The van der Waals surface area contributed by atoms with Crippen molar-refractivity contribution < 1.29 is 4.42 Å². The van der Waals surface area contributed by atoms with Gasteiger partial charge in [-0.15, -0.1) is 0 Å². The van der Waals surface area contributed by atoms with Crippen molar-refractivity contribution in [3.05, 3.63) is 65.8 Å². The second kappa shape index (κ2) is 6.69. The highest BCUT2D eigenvalue weighted by Gasteiger charge is 2.20. The summed E-state index contributed by atoms with van der Waals surface area (Å²) in [6.45, 7) is 10.8. The van der Waals surface area contributed by atoms with Crippen molar-refractivity contribution >= 4 is 11.1 Å². The lowest BCUT2D eigenvalue weighted by atomic mass is 9.92. The first-order valence-electron chi connectivity index (χ1n) is 9.50. The second-order valence-electron chi connectivity index (χ2n) is 7.60. The summed E-state index contributed by atoms with van der Waals surface area (Å²) in [5.41, 5.74) is 6.48. The van der Waals surface area contributed by atoms with E-state index in [-0.39, 0.29) is 0 Å². The van der Waals surface area contributed by atoms with E-state index in [2.05, 4.69) is 61.5 Å². The van der Waals surface area contributed by atoms with Crippen molar-refractivity contribution in [2.75, 3.05) is 0 Å². The number of nitrogens with zero attached hydrogens (tertiary/aromatic N) is 3. The van der Waals surface area contributed by atoms with Gasteiger partial charge in [0.15, 0.2) is 11.5 Å². The summed E-state index contributed by atoms with van der Waals surface area (Å²) in [5.74, 6) is 2.38. The molecule has 2 aromatic heterocycles. The molecular weight excluding hydrogens is 334 g/mol. The molecule has 4 nitrogen and oxygen atoms in total. The lowest BCUT2D eigenvalue weighted by Crippen LogP contribution is -2.07. The van der Waals surface area contributed by atoms with Gasteiger partial charge in [0.1, 0.15) is 11.3 Å². The third-order valence-corrected chi connectivity index (χ3v) is 4.99. The van der Waals surface area contributed by atoms with Gasteiger partial charge in [-0.2, -0.15) is 0 Å². The van der Waals surface area contributed by atoms with Crippen LogP contribution in [0.2, 0.25) is 0 Å². The molecule has 0 aliphatic rings. The van der Waals surface area contributed by atoms with Crippen LogP contribution in [0.15, 0.2) is 53.2 Å². The number of hydrogen-bond acceptors (Lipinski definition) is 3. The molecule has 4 aromatic rings. The number of hydrogen-bond donors (Lipinski definition) is 0. The lowest BCUT2D eigenvalue weighted by molar-refractivity contribution is 0.561. The van der Waals surface area contributed by atoms with E-state index in [1.807, 2.05) is 31.5 Å². The normalized spacial score (nSPS) is 11.8. The largest absolute Gasteiger partial charge is 0.440 e. The van der Waals surface area contributed by atoms with Crippen LogP contribution in [0.3, 0.4) is 0 Å². The molecule has 0 N–H and O–H groups in total. The highest BCUT2D eigenvalue weighted by molar-refractivity contribution is 5.88. The molecular formula is C23H25N3O. The fourth-order valence-electron chi connectivity index (χ4n) is 3.71. The molecule has 2 heterocycles. The molecule has 4 rings (SSSR count). The molecule has 0 spiro atoms. The number of rotatable bonds is 4. The number of aromatic nitrogens is 3. The van der Waals surface area contributed by atoms with E-state index in [0.29, 0.717) is 17.7 Å². The maximum atomic E-state index is 5.90. The van der Waals surface area contributed by atoms with Crippen LogP contribution in [0.25, 0.3) is 28.2 Å². The molecule has 0 aliphatic carbocycles. The van der Waals surface area contributed by atoms with Gasteiger partial charge in [0.05, 0.1) is 11.3 Å². The molecule has 0 atom stereocenters. The molecule has 0 fully saturated rings. The van der Waals surface area contributed by atoms with Crippen LogP contribution in [-0.4, -0.2) is 14.5 Å². The van der Waals surface area contributed by atoms with Crippen LogP contribution >= 0.6 is 0 Å². The smallest absolute Gasteiger partial charge is 0.192 e. The molecule has 0 saturated heterocycles. The number of para-hydroxylation sites is 2. The van der Waals surface area contributed by atoms with E-state index in [1.165, 1.54) is 16.8 Å². The van der Waals surface area contributed by atoms with E-state index in [1.54, 1.807) is 0 Å². The van der Waals surface area contributed by atoms with Gasteiger partial charge in [0.25, 0.3) is 0 Å².